The van der Waals surface area contributed by atoms with Gasteiger partial charge in [0.2, 0.25) is 10.0 Å². The summed E-state index contributed by atoms with van der Waals surface area (Å²) < 4.78 is 26.1. The summed E-state index contributed by atoms with van der Waals surface area (Å²) in [5, 5.41) is 2.93. The van der Waals surface area contributed by atoms with E-state index >= 15 is 0 Å². The van der Waals surface area contributed by atoms with Crippen molar-refractivity contribution >= 4 is 15.7 Å². The SMILES string of the molecule is CCc1cccc(NS(=O)(=O)CCCNC)c1. The Morgan fingerprint density at radius 1 is 1.29 bits per heavy atom. The third-order valence-corrected chi connectivity index (χ3v) is 3.82. The Balaban J connectivity index is 2.62. The van der Waals surface area contributed by atoms with E-state index in [0.29, 0.717) is 18.7 Å². The number of anilines is 1. The van der Waals surface area contributed by atoms with Crippen LogP contribution >= 0.6 is 0 Å². The van der Waals surface area contributed by atoms with Crippen LogP contribution in [-0.4, -0.2) is 27.8 Å². The predicted molar refractivity (Wildman–Crippen MR) is 71.8 cm³/mol. The van der Waals surface area contributed by atoms with Gasteiger partial charge in [-0.05, 0) is 44.1 Å². The zero-order valence-electron chi connectivity index (χ0n) is 10.4. The second-order valence-electron chi connectivity index (χ2n) is 3.93. The van der Waals surface area contributed by atoms with Crippen molar-refractivity contribution in [1.82, 2.24) is 5.32 Å². The molecule has 1 rings (SSSR count). The standard InChI is InChI=1S/C12H20N2O2S/c1-3-11-6-4-7-12(10-11)14-17(15,16)9-5-8-13-2/h4,6-7,10,13-14H,3,5,8-9H2,1-2H3. The fraction of sp³-hybridized carbons (Fsp3) is 0.500. The molecule has 0 aliphatic heterocycles. The average molecular weight is 256 g/mol. The van der Waals surface area contributed by atoms with Gasteiger partial charge in [-0.25, -0.2) is 8.42 Å². The summed E-state index contributed by atoms with van der Waals surface area (Å²) in [5.41, 5.74) is 1.77. The van der Waals surface area contributed by atoms with Crippen LogP contribution in [0.2, 0.25) is 0 Å². The molecule has 2 N–H and O–H groups in total. The van der Waals surface area contributed by atoms with E-state index in [9.17, 15) is 8.42 Å². The molecule has 17 heavy (non-hydrogen) atoms. The molecule has 0 bridgehead atoms. The lowest BCUT2D eigenvalue weighted by Gasteiger charge is -2.08. The van der Waals surface area contributed by atoms with Gasteiger partial charge in [0.25, 0.3) is 0 Å². The highest BCUT2D eigenvalue weighted by atomic mass is 32.2. The topological polar surface area (TPSA) is 58.2 Å². The van der Waals surface area contributed by atoms with E-state index in [1.54, 1.807) is 6.07 Å². The maximum absolute atomic E-state index is 11.7. The molecule has 0 aliphatic rings. The van der Waals surface area contributed by atoms with Crippen molar-refractivity contribution in [2.24, 2.45) is 0 Å². The lowest BCUT2D eigenvalue weighted by atomic mass is 10.1. The summed E-state index contributed by atoms with van der Waals surface area (Å²) >= 11 is 0. The minimum atomic E-state index is -3.22. The number of hydrogen-bond acceptors (Lipinski definition) is 3. The van der Waals surface area contributed by atoms with Crippen LogP contribution < -0.4 is 10.0 Å². The molecule has 0 amide bonds. The molecule has 96 valence electrons. The lowest BCUT2D eigenvalue weighted by Crippen LogP contribution is -2.20. The lowest BCUT2D eigenvalue weighted by molar-refractivity contribution is 0.597. The van der Waals surface area contributed by atoms with E-state index in [0.717, 1.165) is 12.0 Å². The molecule has 0 fully saturated rings. The minimum absolute atomic E-state index is 0.143. The zero-order valence-corrected chi connectivity index (χ0v) is 11.2. The van der Waals surface area contributed by atoms with Crippen LogP contribution in [0.3, 0.4) is 0 Å². The summed E-state index contributed by atoms with van der Waals surface area (Å²) in [6, 6.07) is 7.49. The Bertz CT molecular complexity index is 444. The molecule has 0 atom stereocenters. The molecule has 0 aromatic heterocycles. The molecule has 0 saturated carbocycles. The highest BCUT2D eigenvalue weighted by molar-refractivity contribution is 7.92. The van der Waals surface area contributed by atoms with E-state index in [4.69, 9.17) is 0 Å². The Labute approximate surface area is 103 Å². The van der Waals surface area contributed by atoms with Crippen LogP contribution in [0.1, 0.15) is 18.9 Å². The van der Waals surface area contributed by atoms with Crippen molar-refractivity contribution in [3.05, 3.63) is 29.8 Å². The number of rotatable bonds is 7. The highest BCUT2D eigenvalue weighted by Gasteiger charge is 2.09. The summed E-state index contributed by atoms with van der Waals surface area (Å²) in [7, 11) is -1.41. The van der Waals surface area contributed by atoms with Crippen LogP contribution in [0.5, 0.6) is 0 Å². The first-order valence-electron chi connectivity index (χ1n) is 5.81. The van der Waals surface area contributed by atoms with E-state index in [1.165, 1.54) is 0 Å². The number of benzene rings is 1. The Morgan fingerprint density at radius 2 is 2.06 bits per heavy atom. The van der Waals surface area contributed by atoms with Crippen LogP contribution in [0.15, 0.2) is 24.3 Å². The number of aryl methyl sites for hydroxylation is 1. The van der Waals surface area contributed by atoms with Gasteiger partial charge in [-0.1, -0.05) is 19.1 Å². The van der Waals surface area contributed by atoms with Crippen molar-refractivity contribution in [3.8, 4) is 0 Å². The van der Waals surface area contributed by atoms with E-state index < -0.39 is 10.0 Å². The molecular formula is C12H20N2O2S. The normalized spacial score (nSPS) is 11.4. The van der Waals surface area contributed by atoms with Gasteiger partial charge < -0.3 is 5.32 Å². The van der Waals surface area contributed by atoms with E-state index in [2.05, 4.69) is 10.0 Å². The van der Waals surface area contributed by atoms with Gasteiger partial charge in [-0.2, -0.15) is 0 Å². The van der Waals surface area contributed by atoms with Crippen molar-refractivity contribution in [1.29, 1.82) is 0 Å². The van der Waals surface area contributed by atoms with Crippen molar-refractivity contribution in [2.45, 2.75) is 19.8 Å². The molecular weight excluding hydrogens is 236 g/mol. The van der Waals surface area contributed by atoms with Crippen LogP contribution in [0.4, 0.5) is 5.69 Å². The summed E-state index contributed by atoms with van der Waals surface area (Å²) in [6.45, 7) is 2.75. The molecule has 0 radical (unpaired) electrons. The Kier molecular flexibility index (Phi) is 5.44. The number of sulfonamides is 1. The van der Waals surface area contributed by atoms with E-state index in [1.807, 2.05) is 32.2 Å². The van der Waals surface area contributed by atoms with Crippen LogP contribution in [0.25, 0.3) is 0 Å². The Hall–Kier alpha value is -1.07. The van der Waals surface area contributed by atoms with Crippen molar-refractivity contribution in [3.63, 3.8) is 0 Å². The number of nitrogens with one attached hydrogen (secondary N) is 2. The molecule has 0 heterocycles. The molecule has 0 saturated heterocycles. The number of hydrogen-bond donors (Lipinski definition) is 2. The van der Waals surface area contributed by atoms with Crippen LogP contribution in [-0.2, 0) is 16.4 Å². The third-order valence-electron chi connectivity index (χ3n) is 2.45. The minimum Gasteiger partial charge on any atom is -0.320 e. The predicted octanol–water partition coefficient (Wildman–Crippen LogP) is 1.60. The second-order valence-corrected chi connectivity index (χ2v) is 5.77. The fourth-order valence-corrected chi connectivity index (χ4v) is 2.64. The highest BCUT2D eigenvalue weighted by Crippen LogP contribution is 2.13. The molecule has 0 spiro atoms. The third kappa shape index (κ3) is 5.19. The molecule has 0 aliphatic carbocycles. The maximum Gasteiger partial charge on any atom is 0.232 e. The van der Waals surface area contributed by atoms with Crippen molar-refractivity contribution < 1.29 is 8.42 Å². The van der Waals surface area contributed by atoms with Gasteiger partial charge in [0.05, 0.1) is 5.75 Å². The van der Waals surface area contributed by atoms with Gasteiger partial charge in [0.1, 0.15) is 0 Å². The maximum atomic E-state index is 11.7. The van der Waals surface area contributed by atoms with Crippen LogP contribution in [0, 0.1) is 0 Å². The largest absolute Gasteiger partial charge is 0.320 e. The smallest absolute Gasteiger partial charge is 0.232 e. The first-order chi connectivity index (χ1) is 8.07. The van der Waals surface area contributed by atoms with E-state index in [-0.39, 0.29) is 5.75 Å². The second kappa shape index (κ2) is 6.61. The van der Waals surface area contributed by atoms with Gasteiger partial charge >= 0.3 is 0 Å². The Morgan fingerprint density at radius 3 is 2.71 bits per heavy atom. The molecule has 1 aromatic rings. The van der Waals surface area contributed by atoms with Gasteiger partial charge in [0, 0.05) is 5.69 Å². The monoisotopic (exact) mass is 256 g/mol. The van der Waals surface area contributed by atoms with Gasteiger partial charge in [-0.3, -0.25) is 4.72 Å². The van der Waals surface area contributed by atoms with Gasteiger partial charge in [-0.15, -0.1) is 0 Å². The first kappa shape index (κ1) is 14.0. The quantitative estimate of drug-likeness (QED) is 0.729. The summed E-state index contributed by atoms with van der Waals surface area (Å²) in [6.07, 6.45) is 1.51. The summed E-state index contributed by atoms with van der Waals surface area (Å²) in [4.78, 5) is 0. The molecule has 0 unspecified atom stereocenters. The summed E-state index contributed by atoms with van der Waals surface area (Å²) in [5.74, 6) is 0.143. The fourth-order valence-electron chi connectivity index (χ4n) is 1.52. The molecule has 1 aromatic carbocycles. The first-order valence-corrected chi connectivity index (χ1v) is 7.46. The molecule has 5 heteroatoms. The van der Waals surface area contributed by atoms with Crippen molar-refractivity contribution in [2.75, 3.05) is 24.1 Å². The zero-order chi connectivity index (χ0) is 12.7. The van der Waals surface area contributed by atoms with Gasteiger partial charge in [0.15, 0.2) is 0 Å². The average Bonchev–Trinajstić information content (AvgIpc) is 2.29. The molecule has 4 nitrogen and oxygen atoms in total.